The fraction of sp³-hybridized carbons (Fsp3) is 0.143. The minimum atomic E-state index is -1.06. The number of aryl methyl sites for hydroxylation is 5. The third kappa shape index (κ3) is 9.62. The average Bonchev–Trinajstić information content (AvgIpc) is 1.18. The second-order valence-corrected chi connectivity index (χ2v) is 24.3. The van der Waals surface area contributed by atoms with Gasteiger partial charge in [-0.3, -0.25) is 0 Å². The number of rotatable bonds is 13. The Morgan fingerprint density at radius 2 is 0.859 bits per heavy atom. The largest absolute Gasteiger partial charge is 0.507 e. The zero-order valence-corrected chi connectivity index (χ0v) is 50.7. The van der Waals surface area contributed by atoms with Crippen LogP contribution < -0.4 is 0 Å². The SMILES string of the molecule is C=Cc1c(O)c(C)c(O)c(C)c1[C@@H](Cc1c(I)ccc(-c2ccc(C)cc2)c1-c1ccc(C)cc1)Cc1ccc2ccc3c(C(c4c(O)c(O)c(O)c(O)c4O)c4c(C)ccc(-c5ccc(C)cc5)c4-c4ccc(C)cc4)ccc4ccc1c2c43. The number of hydrogen-bond acceptors (Lipinski definition) is 7. The van der Waals surface area contributed by atoms with Gasteiger partial charge in [-0.15, -0.1) is 0 Å². The van der Waals surface area contributed by atoms with Crippen LogP contribution in [0.25, 0.3) is 82.9 Å². The first-order chi connectivity index (χ1) is 40.8. The molecule has 0 saturated carbocycles. The summed E-state index contributed by atoms with van der Waals surface area (Å²) >= 11 is 2.47. The maximum absolute atomic E-state index is 12.2. The lowest BCUT2D eigenvalue weighted by Gasteiger charge is -2.29. The van der Waals surface area contributed by atoms with E-state index in [4.69, 9.17) is 0 Å². The number of phenols is 7. The quantitative estimate of drug-likeness (QED) is 0.0200. The smallest absolute Gasteiger partial charge is 0.208 e. The van der Waals surface area contributed by atoms with E-state index in [1.165, 1.54) is 5.56 Å². The molecule has 12 aromatic rings. The van der Waals surface area contributed by atoms with E-state index >= 15 is 0 Å². The molecule has 12 aromatic carbocycles. The van der Waals surface area contributed by atoms with Gasteiger partial charge in [-0.1, -0.05) is 199 Å². The molecule has 0 saturated heterocycles. The summed E-state index contributed by atoms with van der Waals surface area (Å²) in [5.41, 5.74) is 19.1. The maximum Gasteiger partial charge on any atom is 0.208 e. The number of halogens is 1. The second kappa shape index (κ2) is 22.1. The van der Waals surface area contributed by atoms with Crippen LogP contribution >= 0.6 is 22.6 Å². The maximum atomic E-state index is 12.2. The standard InChI is InChI=1S/C77H65IO7/c1-9-55-64(45(7)71(79)46(8)72(55)80)54(39-61-62(78)37-36-56(47-19-10-40(2)11-20-47)65(61)49-23-14-42(4)15-24-49)38-53-28-27-51-30-34-59-60(35-31-52-29-33-58(53)67(51)68(52)59)69(70-73(81)75(83)77(85)76(84)74(70)82)63-44(6)18-32-57(48-21-12-41(3)13-22-48)66(63)50-25-16-43(5)17-26-50/h9-37,54,69,79-85H,1,38-39H2,2-8H3/t54-,69?/m1/s1. The fourth-order valence-corrected chi connectivity index (χ4v) is 13.9. The highest BCUT2D eigenvalue weighted by atomic mass is 127. The van der Waals surface area contributed by atoms with Crippen molar-refractivity contribution in [2.75, 3.05) is 0 Å². The average molecular weight is 1230 g/mol. The van der Waals surface area contributed by atoms with Gasteiger partial charge in [-0.25, -0.2) is 0 Å². The zero-order valence-electron chi connectivity index (χ0n) is 48.5. The Bertz CT molecular complexity index is 4610. The minimum absolute atomic E-state index is 0.00468. The van der Waals surface area contributed by atoms with Crippen molar-refractivity contribution in [2.45, 2.75) is 73.1 Å². The molecule has 0 aliphatic heterocycles. The van der Waals surface area contributed by atoms with Crippen molar-refractivity contribution in [1.29, 1.82) is 0 Å². The molecule has 0 radical (unpaired) electrons. The number of hydrogen-bond donors (Lipinski definition) is 7. The van der Waals surface area contributed by atoms with Crippen LogP contribution in [0.2, 0.25) is 0 Å². The van der Waals surface area contributed by atoms with E-state index in [0.29, 0.717) is 40.7 Å². The fourth-order valence-electron chi connectivity index (χ4n) is 13.3. The summed E-state index contributed by atoms with van der Waals surface area (Å²) in [6, 6.07) is 59.3. The molecule has 7 N–H and O–H groups in total. The van der Waals surface area contributed by atoms with Gasteiger partial charge in [0.25, 0.3) is 0 Å². The van der Waals surface area contributed by atoms with Crippen LogP contribution in [0.15, 0.2) is 176 Å². The van der Waals surface area contributed by atoms with Gasteiger partial charge in [0.05, 0.1) is 5.56 Å². The van der Waals surface area contributed by atoms with E-state index in [-0.39, 0.29) is 23.0 Å². The third-order valence-corrected chi connectivity index (χ3v) is 18.8. The zero-order chi connectivity index (χ0) is 59.9. The van der Waals surface area contributed by atoms with E-state index in [1.54, 1.807) is 13.0 Å². The van der Waals surface area contributed by atoms with E-state index in [0.717, 1.165) is 119 Å². The van der Waals surface area contributed by atoms with Crippen LogP contribution in [-0.4, -0.2) is 35.7 Å². The topological polar surface area (TPSA) is 142 Å². The molecule has 0 aliphatic rings. The van der Waals surface area contributed by atoms with Crippen molar-refractivity contribution in [3.63, 3.8) is 0 Å². The number of aromatic hydroxyl groups is 7. The molecule has 2 atom stereocenters. The molecule has 7 nitrogen and oxygen atoms in total. The van der Waals surface area contributed by atoms with Crippen LogP contribution in [-0.2, 0) is 12.8 Å². The molecule has 0 spiro atoms. The van der Waals surface area contributed by atoms with E-state index in [1.807, 2.05) is 45.9 Å². The molecule has 1 unspecified atom stereocenters. The predicted octanol–water partition coefficient (Wildman–Crippen LogP) is 19.3. The van der Waals surface area contributed by atoms with E-state index < -0.39 is 34.7 Å². The van der Waals surface area contributed by atoms with Crippen molar-refractivity contribution < 1.29 is 35.7 Å². The number of phenolic OH excluding ortho intramolecular Hbond substituents is 7. The molecule has 0 aromatic heterocycles. The lowest BCUT2D eigenvalue weighted by Crippen LogP contribution is -2.14. The Balaban J connectivity index is 1.12. The Kier molecular flexibility index (Phi) is 14.6. The molecule has 0 bridgehead atoms. The highest BCUT2D eigenvalue weighted by Gasteiger charge is 2.36. The van der Waals surface area contributed by atoms with Crippen LogP contribution in [0, 0.1) is 52.0 Å². The molecular formula is C77H65IO7. The molecule has 8 heteroatoms. The Morgan fingerprint density at radius 3 is 1.41 bits per heavy atom. The van der Waals surface area contributed by atoms with Gasteiger partial charge < -0.3 is 35.7 Å². The Morgan fingerprint density at radius 1 is 0.400 bits per heavy atom. The van der Waals surface area contributed by atoms with E-state index in [2.05, 4.69) is 195 Å². The highest BCUT2D eigenvalue weighted by molar-refractivity contribution is 14.1. The second-order valence-electron chi connectivity index (χ2n) is 23.1. The lowest BCUT2D eigenvalue weighted by molar-refractivity contribution is 0.323. The summed E-state index contributed by atoms with van der Waals surface area (Å²) in [5, 5.41) is 87.8. The van der Waals surface area contributed by atoms with Crippen LogP contribution in [0.4, 0.5) is 0 Å². The van der Waals surface area contributed by atoms with E-state index in [9.17, 15) is 35.7 Å². The minimum Gasteiger partial charge on any atom is -0.507 e. The summed E-state index contributed by atoms with van der Waals surface area (Å²) in [7, 11) is 0. The predicted molar refractivity (Wildman–Crippen MR) is 356 cm³/mol. The first-order valence-corrected chi connectivity index (χ1v) is 29.7. The van der Waals surface area contributed by atoms with Crippen molar-refractivity contribution in [3.8, 4) is 84.8 Å². The summed E-state index contributed by atoms with van der Waals surface area (Å²) in [5.74, 6) is -5.81. The molecule has 0 amide bonds. The molecule has 0 aliphatic carbocycles. The molecule has 422 valence electrons. The van der Waals surface area contributed by atoms with Gasteiger partial charge in [0.15, 0.2) is 11.5 Å². The van der Waals surface area contributed by atoms with Gasteiger partial charge in [0.2, 0.25) is 17.2 Å². The molecule has 0 heterocycles. The number of benzene rings is 12. The third-order valence-electron chi connectivity index (χ3n) is 17.8. The normalized spacial score (nSPS) is 12.4. The van der Waals surface area contributed by atoms with Crippen molar-refractivity contribution in [2.24, 2.45) is 0 Å². The summed E-state index contributed by atoms with van der Waals surface area (Å²) < 4.78 is 1.09. The molecular weight excluding hydrogens is 1160 g/mol. The molecule has 0 fully saturated rings. The Labute approximate surface area is 509 Å². The molecule has 85 heavy (non-hydrogen) atoms. The summed E-state index contributed by atoms with van der Waals surface area (Å²) in [6.45, 7) is 18.2. The highest BCUT2D eigenvalue weighted by Crippen LogP contribution is 2.59. The monoisotopic (exact) mass is 1230 g/mol. The first kappa shape index (κ1) is 56.2. The molecule has 12 rings (SSSR count). The first-order valence-electron chi connectivity index (χ1n) is 28.6. The van der Waals surface area contributed by atoms with Crippen molar-refractivity contribution >= 4 is 61.0 Å². The van der Waals surface area contributed by atoms with Gasteiger partial charge >= 0.3 is 0 Å². The van der Waals surface area contributed by atoms with Crippen LogP contribution in [0.3, 0.4) is 0 Å². The van der Waals surface area contributed by atoms with Gasteiger partial charge in [0, 0.05) is 20.6 Å². The van der Waals surface area contributed by atoms with Gasteiger partial charge in [-0.05, 0) is 212 Å². The lowest BCUT2D eigenvalue weighted by atomic mass is 9.74. The van der Waals surface area contributed by atoms with Gasteiger partial charge in [-0.2, -0.15) is 0 Å². The van der Waals surface area contributed by atoms with Crippen molar-refractivity contribution in [3.05, 3.63) is 258 Å². The summed E-state index contributed by atoms with van der Waals surface area (Å²) in [4.78, 5) is 0. The van der Waals surface area contributed by atoms with Crippen LogP contribution in [0.5, 0.6) is 40.2 Å². The van der Waals surface area contributed by atoms with Crippen molar-refractivity contribution in [1.82, 2.24) is 0 Å². The van der Waals surface area contributed by atoms with Crippen LogP contribution in [0.1, 0.15) is 89.7 Å². The van der Waals surface area contributed by atoms with Gasteiger partial charge in [0.1, 0.15) is 11.5 Å². The Hall–Kier alpha value is -9.25. The summed E-state index contributed by atoms with van der Waals surface area (Å²) in [6.07, 6.45) is 2.73.